The van der Waals surface area contributed by atoms with Gasteiger partial charge in [0.15, 0.2) is 23.1 Å². The van der Waals surface area contributed by atoms with Crippen molar-refractivity contribution < 1.29 is 27.8 Å². The number of hydrogen-bond acceptors (Lipinski definition) is 4. The van der Waals surface area contributed by atoms with Crippen molar-refractivity contribution in [2.24, 2.45) is 0 Å². The van der Waals surface area contributed by atoms with Crippen molar-refractivity contribution in [2.75, 3.05) is 32.8 Å². The van der Waals surface area contributed by atoms with Crippen LogP contribution >= 0.6 is 0 Å². The van der Waals surface area contributed by atoms with Crippen LogP contribution in [0.15, 0.2) is 42.5 Å². The average molecular weight is 388 g/mol. The van der Waals surface area contributed by atoms with Crippen molar-refractivity contribution in [2.45, 2.75) is 6.10 Å². The second-order valence-corrected chi connectivity index (χ2v) is 6.61. The van der Waals surface area contributed by atoms with Gasteiger partial charge in [0.25, 0.3) is 11.8 Å². The minimum atomic E-state index is -1.06. The van der Waals surface area contributed by atoms with Gasteiger partial charge in [-0.2, -0.15) is 0 Å². The summed E-state index contributed by atoms with van der Waals surface area (Å²) in [6.07, 6.45) is -0.733. The summed E-state index contributed by atoms with van der Waals surface area (Å²) >= 11 is 0. The zero-order chi connectivity index (χ0) is 19.7. The highest BCUT2D eigenvalue weighted by Gasteiger charge is 2.33. The third kappa shape index (κ3) is 3.49. The van der Waals surface area contributed by atoms with E-state index < -0.39 is 23.6 Å². The fourth-order valence-corrected chi connectivity index (χ4v) is 3.29. The van der Waals surface area contributed by atoms with Gasteiger partial charge >= 0.3 is 0 Å². The molecule has 0 radical (unpaired) electrons. The highest BCUT2D eigenvalue weighted by molar-refractivity contribution is 5.94. The molecule has 0 spiro atoms. The minimum absolute atomic E-state index is 0.0827. The van der Waals surface area contributed by atoms with E-state index in [1.54, 1.807) is 23.1 Å². The molecule has 1 saturated heterocycles. The van der Waals surface area contributed by atoms with E-state index in [4.69, 9.17) is 9.47 Å². The van der Waals surface area contributed by atoms with Crippen molar-refractivity contribution in [3.8, 4) is 11.5 Å². The molecule has 0 aromatic heterocycles. The summed E-state index contributed by atoms with van der Waals surface area (Å²) in [5.41, 5.74) is 0.0827. The number of carbonyl (C=O) groups is 2. The van der Waals surface area contributed by atoms with Crippen molar-refractivity contribution in [3.05, 3.63) is 59.7 Å². The van der Waals surface area contributed by atoms with Gasteiger partial charge in [-0.1, -0.05) is 12.1 Å². The van der Waals surface area contributed by atoms with Crippen molar-refractivity contribution in [1.29, 1.82) is 0 Å². The minimum Gasteiger partial charge on any atom is -0.485 e. The maximum absolute atomic E-state index is 13.4. The predicted octanol–water partition coefficient (Wildman–Crippen LogP) is 2.09. The second kappa shape index (κ2) is 7.46. The lowest BCUT2D eigenvalue weighted by molar-refractivity contribution is -0.142. The lowest BCUT2D eigenvalue weighted by Gasteiger charge is -2.37. The Kier molecular flexibility index (Phi) is 4.85. The van der Waals surface area contributed by atoms with Crippen molar-refractivity contribution in [1.82, 2.24) is 9.80 Å². The quantitative estimate of drug-likeness (QED) is 0.791. The zero-order valence-corrected chi connectivity index (χ0v) is 14.9. The van der Waals surface area contributed by atoms with Gasteiger partial charge in [0.2, 0.25) is 6.10 Å². The number of hydrogen-bond donors (Lipinski definition) is 0. The molecular formula is C20H18F2N2O4. The van der Waals surface area contributed by atoms with E-state index in [1.807, 2.05) is 6.07 Å². The Bertz CT molecular complexity index is 913. The number of fused-ring (bicyclic) bond motifs is 1. The van der Waals surface area contributed by atoms with Gasteiger partial charge < -0.3 is 19.3 Å². The van der Waals surface area contributed by atoms with E-state index in [2.05, 4.69) is 0 Å². The Balaban J connectivity index is 1.35. The number of carbonyl (C=O) groups excluding carboxylic acids is 2. The normalized spacial score (nSPS) is 18.7. The van der Waals surface area contributed by atoms with E-state index in [0.717, 1.165) is 12.1 Å². The Hall–Kier alpha value is -3.16. The van der Waals surface area contributed by atoms with Gasteiger partial charge in [0, 0.05) is 31.7 Å². The SMILES string of the molecule is O=C(c1ccc(F)c(F)c1)N1CCN(C(=O)C2COc3ccccc3O2)CC1. The molecule has 2 aliphatic rings. The van der Waals surface area contributed by atoms with Gasteiger partial charge in [-0.3, -0.25) is 9.59 Å². The van der Waals surface area contributed by atoms with Gasteiger partial charge in [-0.05, 0) is 30.3 Å². The molecule has 1 unspecified atom stereocenters. The summed E-state index contributed by atoms with van der Waals surface area (Å²) in [4.78, 5) is 28.3. The van der Waals surface area contributed by atoms with Gasteiger partial charge in [0.1, 0.15) is 6.61 Å². The predicted molar refractivity (Wildman–Crippen MR) is 95.2 cm³/mol. The van der Waals surface area contributed by atoms with Crippen LogP contribution in [0.3, 0.4) is 0 Å². The Morgan fingerprint density at radius 1 is 0.893 bits per heavy atom. The number of benzene rings is 2. The first-order chi connectivity index (χ1) is 13.5. The fourth-order valence-electron chi connectivity index (χ4n) is 3.29. The first-order valence-electron chi connectivity index (χ1n) is 8.94. The molecule has 2 aliphatic heterocycles. The smallest absolute Gasteiger partial charge is 0.267 e. The first kappa shape index (κ1) is 18.2. The van der Waals surface area contributed by atoms with E-state index in [1.165, 1.54) is 11.0 Å². The number of nitrogens with zero attached hydrogens (tertiary/aromatic N) is 2. The molecule has 6 nitrogen and oxygen atoms in total. The molecule has 0 N–H and O–H groups in total. The highest BCUT2D eigenvalue weighted by Crippen LogP contribution is 2.31. The summed E-state index contributed by atoms with van der Waals surface area (Å²) in [6.45, 7) is 1.39. The van der Waals surface area contributed by atoms with Crippen LogP contribution in [0.25, 0.3) is 0 Å². The van der Waals surface area contributed by atoms with Crippen LogP contribution < -0.4 is 9.47 Å². The monoisotopic (exact) mass is 388 g/mol. The molecule has 2 aromatic carbocycles. The standard InChI is InChI=1S/C20H18F2N2O4/c21-14-6-5-13(11-15(14)22)19(25)23-7-9-24(10-8-23)20(26)18-12-27-16-3-1-2-4-17(16)28-18/h1-6,11,18H,7-10,12H2. The number of piperazine rings is 1. The summed E-state index contributed by atoms with van der Waals surface area (Å²) in [6, 6.07) is 10.2. The van der Waals surface area contributed by atoms with Crippen LogP contribution in [0.4, 0.5) is 8.78 Å². The van der Waals surface area contributed by atoms with E-state index >= 15 is 0 Å². The molecule has 1 atom stereocenters. The highest BCUT2D eigenvalue weighted by atomic mass is 19.2. The van der Waals surface area contributed by atoms with E-state index in [0.29, 0.717) is 37.7 Å². The molecule has 2 heterocycles. The lowest BCUT2D eigenvalue weighted by Crippen LogP contribution is -2.55. The van der Waals surface area contributed by atoms with Crippen LogP contribution in [0.2, 0.25) is 0 Å². The van der Waals surface area contributed by atoms with Crippen LogP contribution in [-0.2, 0) is 4.79 Å². The second-order valence-electron chi connectivity index (χ2n) is 6.61. The number of rotatable bonds is 2. The molecule has 0 saturated carbocycles. The number of ether oxygens (including phenoxy) is 2. The summed E-state index contributed by atoms with van der Waals surface area (Å²) in [5, 5.41) is 0. The largest absolute Gasteiger partial charge is 0.485 e. The first-order valence-corrected chi connectivity index (χ1v) is 8.94. The molecule has 8 heteroatoms. The molecule has 2 amide bonds. The molecular weight excluding hydrogens is 370 g/mol. The topological polar surface area (TPSA) is 59.1 Å². The van der Waals surface area contributed by atoms with Gasteiger partial charge in [0.05, 0.1) is 0 Å². The molecule has 4 rings (SSSR count). The zero-order valence-electron chi connectivity index (χ0n) is 14.9. The van der Waals surface area contributed by atoms with Gasteiger partial charge in [-0.15, -0.1) is 0 Å². The van der Waals surface area contributed by atoms with Crippen molar-refractivity contribution in [3.63, 3.8) is 0 Å². The fraction of sp³-hybridized carbons (Fsp3) is 0.300. The molecule has 0 bridgehead atoms. The molecule has 146 valence electrons. The van der Waals surface area contributed by atoms with Crippen LogP contribution in [0.1, 0.15) is 10.4 Å². The van der Waals surface area contributed by atoms with Crippen LogP contribution in [0.5, 0.6) is 11.5 Å². The number of para-hydroxylation sites is 2. The van der Waals surface area contributed by atoms with Crippen LogP contribution in [-0.4, -0.2) is 60.5 Å². The molecule has 28 heavy (non-hydrogen) atoms. The summed E-state index contributed by atoms with van der Waals surface area (Å²) < 4.78 is 37.7. The van der Waals surface area contributed by atoms with Crippen molar-refractivity contribution >= 4 is 11.8 Å². The Morgan fingerprint density at radius 2 is 1.57 bits per heavy atom. The maximum Gasteiger partial charge on any atom is 0.267 e. The van der Waals surface area contributed by atoms with Gasteiger partial charge in [-0.25, -0.2) is 8.78 Å². The summed E-state index contributed by atoms with van der Waals surface area (Å²) in [7, 11) is 0. The Labute approximate surface area is 160 Å². The third-order valence-electron chi connectivity index (χ3n) is 4.83. The molecule has 2 aromatic rings. The molecule has 1 fully saturated rings. The number of halogens is 2. The van der Waals surface area contributed by atoms with E-state index in [9.17, 15) is 18.4 Å². The Morgan fingerprint density at radius 3 is 2.29 bits per heavy atom. The van der Waals surface area contributed by atoms with Crippen LogP contribution in [0, 0.1) is 11.6 Å². The molecule has 0 aliphatic carbocycles. The third-order valence-corrected chi connectivity index (χ3v) is 4.83. The van der Waals surface area contributed by atoms with E-state index in [-0.39, 0.29) is 18.1 Å². The summed E-state index contributed by atoms with van der Waals surface area (Å²) in [5.74, 6) is -1.52. The number of amides is 2. The average Bonchev–Trinajstić information content (AvgIpc) is 2.74. The lowest BCUT2D eigenvalue weighted by atomic mass is 10.1. The maximum atomic E-state index is 13.4.